The second-order valence-electron chi connectivity index (χ2n) is 14.4. The molecule has 0 aliphatic carbocycles. The van der Waals surface area contributed by atoms with Crippen LogP contribution >= 0.6 is 0 Å². The molecule has 0 amide bonds. The number of nitrogens with zero attached hydrogens (tertiary/aromatic N) is 6. The Labute approximate surface area is 340 Å². The first kappa shape index (κ1) is 35.6. The Balaban J connectivity index is 1.46. The third-order valence-corrected chi connectivity index (χ3v) is 10.9. The highest BCUT2D eigenvalue weighted by Gasteiger charge is 2.28. The third-order valence-electron chi connectivity index (χ3n) is 10.9. The van der Waals surface area contributed by atoms with Gasteiger partial charge in [0.15, 0.2) is 23.3 Å². The molecule has 0 fully saturated rings. The summed E-state index contributed by atoms with van der Waals surface area (Å²) >= 11 is 0. The lowest BCUT2D eigenvalue weighted by atomic mass is 9.89. The molecule has 5 heterocycles. The number of rotatable bonds is 10. The fourth-order valence-electron chi connectivity index (χ4n) is 8.38. The van der Waals surface area contributed by atoms with Gasteiger partial charge in [-0.2, -0.15) is 0 Å². The van der Waals surface area contributed by atoms with E-state index >= 15 is 0 Å². The van der Waals surface area contributed by atoms with E-state index < -0.39 is 0 Å². The number of aromatic nitrogens is 8. The van der Waals surface area contributed by atoms with Crippen LogP contribution in [0.1, 0.15) is 22.3 Å². The quantitative estimate of drug-likeness (QED) is 0.133. The maximum Gasteiger partial charge on any atom is 0.165 e. The fraction of sp³-hybridized carbons (Fsp3) is 0.0800. The molecule has 10 rings (SSSR count). The normalized spacial score (nSPS) is 11.6. The standard InChI is InChI=1S/C50H38N8O/c1-5-17-29-21-16-28-38-39(29)48-56-47(38)54-45-35-25-13-12-24-34(35)43(52-45)51-44-36-26-14-15-27-37(36)46(53-44)55-50-41-40(49(57-48)58-50)32(19-7-3)31(18-6-2)33(20-8-4)42(41)59-30-22-10-9-11-23-30/h5-16,21-28H,1-4,17-20H2,(H2,51,52,53,54,55,56,57,58). The second-order valence-corrected chi connectivity index (χ2v) is 14.4. The molecule has 59 heavy (non-hydrogen) atoms. The zero-order valence-electron chi connectivity index (χ0n) is 32.3. The number of benzene rings is 5. The van der Waals surface area contributed by atoms with Crippen LogP contribution < -0.4 is 4.74 Å². The lowest BCUT2D eigenvalue weighted by Crippen LogP contribution is -2.04. The van der Waals surface area contributed by atoms with Crippen molar-refractivity contribution in [2.45, 2.75) is 25.7 Å². The lowest BCUT2D eigenvalue weighted by Gasteiger charge is -2.20. The molecule has 2 N–H and O–H groups in total. The van der Waals surface area contributed by atoms with E-state index in [4.69, 9.17) is 34.6 Å². The fourth-order valence-corrected chi connectivity index (χ4v) is 8.38. The molecule has 284 valence electrons. The van der Waals surface area contributed by atoms with Crippen LogP contribution in [-0.4, -0.2) is 39.9 Å². The van der Waals surface area contributed by atoms with Gasteiger partial charge in [-0.05, 0) is 54.5 Å². The van der Waals surface area contributed by atoms with Crippen LogP contribution in [0.2, 0.25) is 0 Å². The molecular weight excluding hydrogens is 729 g/mol. The summed E-state index contributed by atoms with van der Waals surface area (Å²) in [6.07, 6.45) is 9.94. The van der Waals surface area contributed by atoms with Crippen molar-refractivity contribution in [2.24, 2.45) is 0 Å². The van der Waals surface area contributed by atoms with E-state index in [2.05, 4.69) is 42.4 Å². The van der Waals surface area contributed by atoms with Gasteiger partial charge in [-0.1, -0.05) is 109 Å². The van der Waals surface area contributed by atoms with Crippen molar-refractivity contribution in [1.82, 2.24) is 39.9 Å². The molecule has 0 radical (unpaired) electrons. The molecule has 9 nitrogen and oxygen atoms in total. The van der Waals surface area contributed by atoms with E-state index in [1.807, 2.05) is 115 Å². The Morgan fingerprint density at radius 3 is 1.63 bits per heavy atom. The van der Waals surface area contributed by atoms with Gasteiger partial charge in [0.2, 0.25) is 0 Å². The van der Waals surface area contributed by atoms with Gasteiger partial charge in [-0.15, -0.1) is 26.3 Å². The van der Waals surface area contributed by atoms with E-state index in [0.717, 1.165) is 66.1 Å². The molecule has 0 unspecified atom stereocenters. The van der Waals surface area contributed by atoms with E-state index in [-0.39, 0.29) is 0 Å². The van der Waals surface area contributed by atoms with Crippen LogP contribution in [0.3, 0.4) is 0 Å². The molecule has 8 bridgehead atoms. The summed E-state index contributed by atoms with van der Waals surface area (Å²) < 4.78 is 6.96. The van der Waals surface area contributed by atoms with Gasteiger partial charge in [0, 0.05) is 44.0 Å². The van der Waals surface area contributed by atoms with Crippen molar-refractivity contribution in [3.05, 3.63) is 170 Å². The first-order valence-corrected chi connectivity index (χ1v) is 19.6. The molecule has 0 spiro atoms. The minimum atomic E-state index is 0.505. The van der Waals surface area contributed by atoms with E-state index in [1.54, 1.807) is 0 Å². The van der Waals surface area contributed by atoms with Gasteiger partial charge in [0.05, 0.1) is 5.39 Å². The predicted molar refractivity (Wildman–Crippen MR) is 238 cm³/mol. The van der Waals surface area contributed by atoms with Gasteiger partial charge < -0.3 is 14.7 Å². The van der Waals surface area contributed by atoms with Gasteiger partial charge in [-0.3, -0.25) is 0 Å². The van der Waals surface area contributed by atoms with Crippen LogP contribution in [0, 0.1) is 0 Å². The smallest absolute Gasteiger partial charge is 0.165 e. The molecule has 0 saturated carbocycles. The van der Waals surface area contributed by atoms with E-state index in [1.165, 1.54) is 0 Å². The monoisotopic (exact) mass is 766 g/mol. The SMILES string of the molecule is C=CCc1cccc2c1-c1nc-2nc2[nH]c(nc3nc(nc4[nH]c(n1)c1c(CC=C)c(CC=C)c(CC=C)c(Oc5ccccc5)c41)-c1ccccc1-3)c1ccccc21. The molecule has 5 aromatic carbocycles. The Bertz CT molecular complexity index is 3230. The summed E-state index contributed by atoms with van der Waals surface area (Å²) in [7, 11) is 0. The number of hydrogen-bond acceptors (Lipinski definition) is 7. The van der Waals surface area contributed by atoms with Gasteiger partial charge in [-0.25, -0.2) is 29.9 Å². The van der Waals surface area contributed by atoms with Gasteiger partial charge >= 0.3 is 0 Å². The summed E-state index contributed by atoms with van der Waals surface area (Å²) in [6.45, 7) is 16.6. The minimum absolute atomic E-state index is 0.505. The number of ether oxygens (including phenoxy) is 1. The lowest BCUT2D eigenvalue weighted by molar-refractivity contribution is 0.483. The topological polar surface area (TPSA) is 118 Å². The highest BCUT2D eigenvalue weighted by molar-refractivity contribution is 6.12. The summed E-state index contributed by atoms with van der Waals surface area (Å²) in [4.78, 5) is 38.7. The average molecular weight is 767 g/mol. The van der Waals surface area contributed by atoms with Crippen molar-refractivity contribution in [3.63, 3.8) is 0 Å². The molecule has 8 aromatic rings. The van der Waals surface area contributed by atoms with Crippen molar-refractivity contribution in [1.29, 1.82) is 0 Å². The molecule has 3 aromatic heterocycles. The number of allylic oxidation sites excluding steroid dienone is 4. The number of nitrogens with one attached hydrogen (secondary N) is 2. The molecule has 0 saturated heterocycles. The molecule has 2 aliphatic heterocycles. The van der Waals surface area contributed by atoms with Crippen LogP contribution in [0.15, 0.2) is 148 Å². The summed E-state index contributed by atoms with van der Waals surface area (Å²) in [6, 6.07) is 32.1. The Hall–Kier alpha value is -7.78. The predicted octanol–water partition coefficient (Wildman–Crippen LogP) is 11.6. The molecule has 0 atom stereocenters. The van der Waals surface area contributed by atoms with Crippen molar-refractivity contribution in [3.8, 4) is 57.1 Å². The van der Waals surface area contributed by atoms with Crippen LogP contribution in [0.4, 0.5) is 0 Å². The number of aromatic amines is 2. The van der Waals surface area contributed by atoms with Gasteiger partial charge in [0.25, 0.3) is 0 Å². The summed E-state index contributed by atoms with van der Waals surface area (Å²) in [5.41, 5.74) is 10.00. The van der Waals surface area contributed by atoms with E-state index in [9.17, 15) is 0 Å². The van der Waals surface area contributed by atoms with Crippen LogP contribution in [-0.2, 0) is 25.7 Å². The maximum absolute atomic E-state index is 6.96. The molecule has 2 aliphatic rings. The summed E-state index contributed by atoms with van der Waals surface area (Å²) in [5.74, 6) is 3.44. The van der Waals surface area contributed by atoms with Crippen molar-refractivity contribution in [2.75, 3.05) is 0 Å². The summed E-state index contributed by atoms with van der Waals surface area (Å²) in [5, 5.41) is 3.43. The van der Waals surface area contributed by atoms with Crippen molar-refractivity contribution < 1.29 is 4.74 Å². The highest BCUT2D eigenvalue weighted by Crippen LogP contribution is 2.45. The zero-order chi connectivity index (χ0) is 40.0. The maximum atomic E-state index is 6.96. The van der Waals surface area contributed by atoms with E-state index in [0.29, 0.717) is 83.1 Å². The number of fused-ring (bicyclic) bond motifs is 20. The number of para-hydroxylation sites is 1. The number of H-pyrrole nitrogens is 2. The highest BCUT2D eigenvalue weighted by atomic mass is 16.5. The Morgan fingerprint density at radius 2 is 0.949 bits per heavy atom. The number of hydrogen-bond donors (Lipinski definition) is 2. The molecular formula is C50H38N8O. The largest absolute Gasteiger partial charge is 0.456 e. The Morgan fingerprint density at radius 1 is 0.441 bits per heavy atom. The first-order valence-electron chi connectivity index (χ1n) is 19.6. The first-order chi connectivity index (χ1) is 29.1. The van der Waals surface area contributed by atoms with Crippen LogP contribution in [0.25, 0.3) is 89.7 Å². The van der Waals surface area contributed by atoms with Crippen molar-refractivity contribution >= 4 is 44.1 Å². The average Bonchev–Trinajstić information content (AvgIpc) is 4.00. The zero-order valence-corrected chi connectivity index (χ0v) is 32.3. The minimum Gasteiger partial charge on any atom is -0.456 e. The van der Waals surface area contributed by atoms with Gasteiger partial charge in [0.1, 0.15) is 34.1 Å². The second kappa shape index (κ2) is 14.6. The Kier molecular flexibility index (Phi) is 8.83. The molecule has 9 heteroatoms. The van der Waals surface area contributed by atoms with Crippen LogP contribution in [0.5, 0.6) is 11.5 Å². The third kappa shape index (κ3) is 5.94.